The van der Waals surface area contributed by atoms with Crippen molar-refractivity contribution in [3.05, 3.63) is 34.3 Å². The summed E-state index contributed by atoms with van der Waals surface area (Å²) < 4.78 is 10.9. The summed E-state index contributed by atoms with van der Waals surface area (Å²) in [5.41, 5.74) is 1.88. The maximum absolute atomic E-state index is 13.0. The van der Waals surface area contributed by atoms with Crippen LogP contribution in [-0.2, 0) is 0 Å². The third-order valence-corrected chi connectivity index (χ3v) is 5.77. The zero-order valence-corrected chi connectivity index (χ0v) is 16.5. The summed E-state index contributed by atoms with van der Waals surface area (Å²) in [5, 5.41) is 3.99. The van der Waals surface area contributed by atoms with Crippen LogP contribution in [0, 0.1) is 6.92 Å². The Labute approximate surface area is 158 Å². The van der Waals surface area contributed by atoms with Crippen LogP contribution >= 0.6 is 11.3 Å². The average Bonchev–Trinajstić information content (AvgIpc) is 3.28. The van der Waals surface area contributed by atoms with Gasteiger partial charge in [0.25, 0.3) is 5.91 Å². The molecule has 1 aromatic heterocycles. The van der Waals surface area contributed by atoms with Gasteiger partial charge in [0.2, 0.25) is 0 Å². The summed E-state index contributed by atoms with van der Waals surface area (Å²) in [6.07, 6.45) is 0.910. The number of aromatic nitrogens is 1. The lowest BCUT2D eigenvalue weighted by atomic mass is 9.97. The minimum absolute atomic E-state index is 0.0634. The van der Waals surface area contributed by atoms with E-state index in [-0.39, 0.29) is 11.8 Å². The van der Waals surface area contributed by atoms with Gasteiger partial charge in [-0.1, -0.05) is 11.3 Å². The second-order valence-electron chi connectivity index (χ2n) is 6.31. The maximum Gasteiger partial charge on any atom is 0.265 e. The molecule has 6 nitrogen and oxygen atoms in total. The Balaban J connectivity index is 1.77. The quantitative estimate of drug-likeness (QED) is 0.837. The van der Waals surface area contributed by atoms with Crippen LogP contribution in [0.15, 0.2) is 18.2 Å². The van der Waals surface area contributed by atoms with Crippen LogP contribution in [0.2, 0.25) is 0 Å². The molecule has 2 heterocycles. The highest BCUT2D eigenvalue weighted by molar-refractivity contribution is 7.17. The number of nitrogens with one attached hydrogen (secondary N) is 1. The summed E-state index contributed by atoms with van der Waals surface area (Å²) in [6.45, 7) is 6.12. The monoisotopic (exact) mass is 375 g/mol. The predicted molar refractivity (Wildman–Crippen MR) is 104 cm³/mol. The van der Waals surface area contributed by atoms with Crippen molar-refractivity contribution in [3.63, 3.8) is 0 Å². The fourth-order valence-corrected chi connectivity index (χ4v) is 4.32. The lowest BCUT2D eigenvalue weighted by Crippen LogP contribution is -2.28. The Bertz CT molecular complexity index is 790. The molecule has 1 fully saturated rings. The molecule has 0 bridgehead atoms. The van der Waals surface area contributed by atoms with Gasteiger partial charge in [-0.05, 0) is 38.5 Å². The summed E-state index contributed by atoms with van der Waals surface area (Å²) in [6, 6.07) is 5.83. The predicted octanol–water partition coefficient (Wildman–Crippen LogP) is 3.53. The summed E-state index contributed by atoms with van der Waals surface area (Å²) >= 11 is 1.43. The zero-order chi connectivity index (χ0) is 18.7. The van der Waals surface area contributed by atoms with Gasteiger partial charge < -0.3 is 19.7 Å². The highest BCUT2D eigenvalue weighted by Gasteiger charge is 2.31. The molecule has 1 saturated heterocycles. The number of amides is 1. The number of aryl methyl sites for hydroxylation is 1. The van der Waals surface area contributed by atoms with Crippen LogP contribution in [0.4, 0.5) is 5.13 Å². The largest absolute Gasteiger partial charge is 0.497 e. The Morgan fingerprint density at radius 3 is 2.88 bits per heavy atom. The molecule has 1 aliphatic heterocycles. The average molecular weight is 375 g/mol. The Morgan fingerprint density at radius 1 is 1.38 bits per heavy atom. The van der Waals surface area contributed by atoms with Crippen LogP contribution in [0.25, 0.3) is 0 Å². The van der Waals surface area contributed by atoms with E-state index in [1.807, 2.05) is 36.9 Å². The highest BCUT2D eigenvalue weighted by atomic mass is 32.1. The van der Waals surface area contributed by atoms with E-state index in [4.69, 9.17) is 9.47 Å². The van der Waals surface area contributed by atoms with Gasteiger partial charge in [-0.25, -0.2) is 4.98 Å². The Morgan fingerprint density at radius 2 is 2.19 bits per heavy atom. The van der Waals surface area contributed by atoms with Gasteiger partial charge in [-0.3, -0.25) is 4.79 Å². The normalized spacial score (nSPS) is 16.6. The van der Waals surface area contributed by atoms with E-state index in [1.54, 1.807) is 14.2 Å². The van der Waals surface area contributed by atoms with E-state index in [2.05, 4.69) is 10.3 Å². The first-order valence-corrected chi connectivity index (χ1v) is 9.61. The maximum atomic E-state index is 13.0. The molecule has 0 spiro atoms. The van der Waals surface area contributed by atoms with Crippen LogP contribution in [0.3, 0.4) is 0 Å². The number of ether oxygens (including phenoxy) is 2. The molecule has 1 atom stereocenters. The van der Waals surface area contributed by atoms with Gasteiger partial charge in [-0.2, -0.15) is 0 Å². The first-order valence-electron chi connectivity index (χ1n) is 8.79. The van der Waals surface area contributed by atoms with Crippen molar-refractivity contribution >= 4 is 22.4 Å². The topological polar surface area (TPSA) is 63.7 Å². The minimum Gasteiger partial charge on any atom is -0.497 e. The van der Waals surface area contributed by atoms with E-state index < -0.39 is 0 Å². The molecular weight excluding hydrogens is 350 g/mol. The molecule has 1 N–H and O–H groups in total. The molecule has 1 amide bonds. The summed E-state index contributed by atoms with van der Waals surface area (Å²) in [5.74, 6) is 1.95. The van der Waals surface area contributed by atoms with Crippen LogP contribution in [-0.4, -0.2) is 49.6 Å². The second kappa shape index (κ2) is 7.95. The summed E-state index contributed by atoms with van der Waals surface area (Å²) in [4.78, 5) is 20.0. The Hall–Kier alpha value is -2.28. The number of thiazole rings is 1. The van der Waals surface area contributed by atoms with E-state index >= 15 is 0 Å². The van der Waals surface area contributed by atoms with Crippen molar-refractivity contribution < 1.29 is 14.3 Å². The molecule has 1 aromatic carbocycles. The van der Waals surface area contributed by atoms with Crippen molar-refractivity contribution in [2.24, 2.45) is 0 Å². The molecule has 1 aliphatic rings. The smallest absolute Gasteiger partial charge is 0.265 e. The van der Waals surface area contributed by atoms with Crippen molar-refractivity contribution in [2.75, 3.05) is 39.2 Å². The molecule has 0 radical (unpaired) electrons. The minimum atomic E-state index is 0.0634. The third kappa shape index (κ3) is 3.62. The molecule has 2 aromatic rings. The lowest BCUT2D eigenvalue weighted by molar-refractivity contribution is 0.0794. The number of carbonyl (C=O) groups is 1. The van der Waals surface area contributed by atoms with Gasteiger partial charge in [0.1, 0.15) is 16.4 Å². The number of nitrogens with zero attached hydrogens (tertiary/aromatic N) is 2. The highest BCUT2D eigenvalue weighted by Crippen LogP contribution is 2.37. The fourth-order valence-electron chi connectivity index (χ4n) is 3.32. The van der Waals surface area contributed by atoms with Gasteiger partial charge in [-0.15, -0.1) is 0 Å². The van der Waals surface area contributed by atoms with Crippen molar-refractivity contribution in [1.29, 1.82) is 0 Å². The molecule has 0 unspecified atom stereocenters. The number of rotatable bonds is 6. The SMILES string of the molecule is CCNc1nc(C)c(C(=O)N2CC[C@H](c3cc(OC)ccc3OC)C2)s1. The fraction of sp³-hybridized carbons (Fsp3) is 0.474. The van der Waals surface area contributed by atoms with Gasteiger partial charge >= 0.3 is 0 Å². The van der Waals surface area contributed by atoms with E-state index in [9.17, 15) is 4.79 Å². The van der Waals surface area contributed by atoms with Crippen LogP contribution in [0.1, 0.15) is 40.2 Å². The lowest BCUT2D eigenvalue weighted by Gasteiger charge is -2.18. The number of anilines is 1. The number of methoxy groups -OCH3 is 2. The molecule has 26 heavy (non-hydrogen) atoms. The van der Waals surface area contributed by atoms with E-state index in [1.165, 1.54) is 11.3 Å². The van der Waals surface area contributed by atoms with Gasteiger partial charge in [0, 0.05) is 31.1 Å². The Kier molecular flexibility index (Phi) is 5.66. The number of hydrogen-bond acceptors (Lipinski definition) is 6. The number of benzene rings is 1. The molecule has 0 aliphatic carbocycles. The molecule has 7 heteroatoms. The first kappa shape index (κ1) is 18.5. The molecular formula is C19H25N3O3S. The number of likely N-dealkylation sites (tertiary alicyclic amines) is 1. The number of hydrogen-bond donors (Lipinski definition) is 1. The van der Waals surface area contributed by atoms with Crippen LogP contribution < -0.4 is 14.8 Å². The van der Waals surface area contributed by atoms with Gasteiger partial charge in [0.05, 0.1) is 19.9 Å². The van der Waals surface area contributed by atoms with Crippen molar-refractivity contribution in [3.8, 4) is 11.5 Å². The second-order valence-corrected chi connectivity index (χ2v) is 7.31. The van der Waals surface area contributed by atoms with Crippen LogP contribution in [0.5, 0.6) is 11.5 Å². The molecule has 3 rings (SSSR count). The van der Waals surface area contributed by atoms with Crippen molar-refractivity contribution in [2.45, 2.75) is 26.2 Å². The first-order chi connectivity index (χ1) is 12.6. The zero-order valence-electron chi connectivity index (χ0n) is 15.7. The molecule has 0 saturated carbocycles. The molecule has 140 valence electrons. The van der Waals surface area contributed by atoms with Crippen molar-refractivity contribution in [1.82, 2.24) is 9.88 Å². The van der Waals surface area contributed by atoms with E-state index in [0.717, 1.165) is 52.3 Å². The standard InChI is InChI=1S/C19H25N3O3S/c1-5-20-19-21-12(2)17(26-19)18(23)22-9-8-13(11-22)15-10-14(24-3)6-7-16(15)25-4/h6-7,10,13H,5,8-9,11H2,1-4H3,(H,20,21)/t13-/m0/s1. The third-order valence-electron chi connectivity index (χ3n) is 4.67. The number of carbonyl (C=O) groups excluding carboxylic acids is 1. The van der Waals surface area contributed by atoms with E-state index in [0.29, 0.717) is 6.54 Å². The van der Waals surface area contributed by atoms with Gasteiger partial charge in [0.15, 0.2) is 5.13 Å². The summed E-state index contributed by atoms with van der Waals surface area (Å²) in [7, 11) is 3.33.